The first-order chi connectivity index (χ1) is 10.6. The van der Waals surface area contributed by atoms with Gasteiger partial charge >= 0.3 is 0 Å². The minimum Gasteiger partial charge on any atom is -0.484 e. The summed E-state index contributed by atoms with van der Waals surface area (Å²) in [5, 5.41) is 2.82. The van der Waals surface area contributed by atoms with Crippen LogP contribution >= 0.6 is 12.4 Å². The summed E-state index contributed by atoms with van der Waals surface area (Å²) in [6, 6.07) is 6.70. The molecule has 0 fully saturated rings. The van der Waals surface area contributed by atoms with Crippen LogP contribution in [-0.4, -0.2) is 43.5 Å². The third-order valence-electron chi connectivity index (χ3n) is 3.44. The van der Waals surface area contributed by atoms with Crippen LogP contribution in [-0.2, 0) is 16.1 Å². The van der Waals surface area contributed by atoms with Crippen LogP contribution in [0, 0.1) is 5.41 Å². The molecule has 24 heavy (non-hydrogen) atoms. The number of rotatable bonds is 6. The Labute approximate surface area is 150 Å². The number of benzene rings is 1. The number of carbonyl (C=O) groups excluding carboxylic acids is 2. The van der Waals surface area contributed by atoms with E-state index >= 15 is 0 Å². The number of hydrogen-bond acceptors (Lipinski definition) is 4. The molecule has 0 heterocycles. The molecule has 1 aromatic carbocycles. The summed E-state index contributed by atoms with van der Waals surface area (Å²) in [4.78, 5) is 25.0. The number of nitrogens with zero attached hydrogens (tertiary/aromatic N) is 1. The predicted molar refractivity (Wildman–Crippen MR) is 97.2 cm³/mol. The van der Waals surface area contributed by atoms with Crippen LogP contribution in [0.1, 0.15) is 26.3 Å². The van der Waals surface area contributed by atoms with E-state index in [9.17, 15) is 9.59 Å². The number of amides is 2. The lowest BCUT2D eigenvalue weighted by Crippen LogP contribution is -2.48. The number of likely N-dealkylation sites (N-methyl/N-ethyl adjacent to an activating group) is 1. The minimum absolute atomic E-state index is 0. The van der Waals surface area contributed by atoms with E-state index in [0.717, 1.165) is 5.56 Å². The van der Waals surface area contributed by atoms with E-state index in [0.29, 0.717) is 12.3 Å². The van der Waals surface area contributed by atoms with Crippen molar-refractivity contribution in [2.75, 3.05) is 20.7 Å². The molecule has 0 aliphatic heterocycles. The van der Waals surface area contributed by atoms with E-state index in [4.69, 9.17) is 10.5 Å². The monoisotopic (exact) mass is 357 g/mol. The molecule has 0 aliphatic carbocycles. The van der Waals surface area contributed by atoms with Gasteiger partial charge in [-0.05, 0) is 23.1 Å². The second-order valence-corrected chi connectivity index (χ2v) is 6.79. The Kier molecular flexibility index (Phi) is 8.78. The Morgan fingerprint density at radius 1 is 1.29 bits per heavy atom. The molecule has 0 spiro atoms. The minimum atomic E-state index is -0.570. The first kappa shape index (κ1) is 22.2. The van der Waals surface area contributed by atoms with E-state index in [1.54, 1.807) is 26.2 Å². The SMILES string of the molecule is CN(C)C(=O)COc1cccc(CNC(=O)[C@@H](N)C(C)(C)C)c1.Cl. The molecule has 0 bridgehead atoms. The van der Waals surface area contributed by atoms with Gasteiger partial charge in [0, 0.05) is 20.6 Å². The zero-order valence-electron chi connectivity index (χ0n) is 15.0. The number of ether oxygens (including phenoxy) is 1. The first-order valence-corrected chi connectivity index (χ1v) is 7.56. The van der Waals surface area contributed by atoms with Crippen LogP contribution in [0.4, 0.5) is 0 Å². The van der Waals surface area contributed by atoms with Crippen molar-refractivity contribution >= 4 is 24.2 Å². The van der Waals surface area contributed by atoms with Crippen molar-refractivity contribution in [3.8, 4) is 5.75 Å². The van der Waals surface area contributed by atoms with Crippen molar-refractivity contribution in [2.24, 2.45) is 11.1 Å². The highest BCUT2D eigenvalue weighted by atomic mass is 35.5. The number of carbonyl (C=O) groups is 2. The van der Waals surface area contributed by atoms with Gasteiger partial charge in [0.1, 0.15) is 5.75 Å². The highest BCUT2D eigenvalue weighted by molar-refractivity contribution is 5.85. The smallest absolute Gasteiger partial charge is 0.259 e. The van der Waals surface area contributed by atoms with Crippen molar-refractivity contribution < 1.29 is 14.3 Å². The molecular weight excluding hydrogens is 330 g/mol. The zero-order valence-corrected chi connectivity index (χ0v) is 15.8. The van der Waals surface area contributed by atoms with Gasteiger partial charge in [0.05, 0.1) is 6.04 Å². The molecular formula is C17H28ClN3O3. The summed E-state index contributed by atoms with van der Waals surface area (Å²) in [5.41, 5.74) is 6.51. The lowest BCUT2D eigenvalue weighted by Gasteiger charge is -2.25. The maximum absolute atomic E-state index is 12.0. The molecule has 0 saturated carbocycles. The molecule has 0 radical (unpaired) electrons. The van der Waals surface area contributed by atoms with Crippen LogP contribution in [0.5, 0.6) is 5.75 Å². The van der Waals surface area contributed by atoms with Gasteiger partial charge in [-0.25, -0.2) is 0 Å². The van der Waals surface area contributed by atoms with Gasteiger partial charge in [0.2, 0.25) is 5.91 Å². The Morgan fingerprint density at radius 2 is 1.92 bits per heavy atom. The van der Waals surface area contributed by atoms with Crippen LogP contribution < -0.4 is 15.8 Å². The fourth-order valence-corrected chi connectivity index (χ4v) is 1.71. The summed E-state index contributed by atoms with van der Waals surface area (Å²) < 4.78 is 5.45. The fraction of sp³-hybridized carbons (Fsp3) is 0.529. The van der Waals surface area contributed by atoms with Crippen molar-refractivity contribution in [2.45, 2.75) is 33.4 Å². The Balaban J connectivity index is 0.00000529. The van der Waals surface area contributed by atoms with Crippen LogP contribution in [0.2, 0.25) is 0 Å². The summed E-state index contributed by atoms with van der Waals surface area (Å²) in [6.07, 6.45) is 0. The number of nitrogens with one attached hydrogen (secondary N) is 1. The van der Waals surface area contributed by atoms with E-state index < -0.39 is 6.04 Å². The van der Waals surface area contributed by atoms with Crippen molar-refractivity contribution in [1.29, 1.82) is 0 Å². The topological polar surface area (TPSA) is 84.7 Å². The maximum Gasteiger partial charge on any atom is 0.259 e. The van der Waals surface area contributed by atoms with Gasteiger partial charge in [-0.3, -0.25) is 9.59 Å². The second-order valence-electron chi connectivity index (χ2n) is 6.79. The van der Waals surface area contributed by atoms with Gasteiger partial charge in [-0.2, -0.15) is 0 Å². The zero-order chi connectivity index (χ0) is 17.6. The fourth-order valence-electron chi connectivity index (χ4n) is 1.71. The Morgan fingerprint density at radius 3 is 2.46 bits per heavy atom. The van der Waals surface area contributed by atoms with Gasteiger partial charge in [0.15, 0.2) is 6.61 Å². The molecule has 1 atom stereocenters. The molecule has 6 nitrogen and oxygen atoms in total. The molecule has 0 saturated heterocycles. The van der Waals surface area contributed by atoms with Gasteiger partial charge in [-0.1, -0.05) is 32.9 Å². The highest BCUT2D eigenvalue weighted by Crippen LogP contribution is 2.18. The van der Waals surface area contributed by atoms with E-state index in [1.165, 1.54) is 4.90 Å². The number of nitrogens with two attached hydrogens (primary N) is 1. The third kappa shape index (κ3) is 7.19. The van der Waals surface area contributed by atoms with E-state index in [-0.39, 0.29) is 36.2 Å². The average molecular weight is 358 g/mol. The van der Waals surface area contributed by atoms with Crippen LogP contribution in [0.25, 0.3) is 0 Å². The molecule has 0 unspecified atom stereocenters. The van der Waals surface area contributed by atoms with Crippen molar-refractivity contribution in [3.63, 3.8) is 0 Å². The van der Waals surface area contributed by atoms with Crippen LogP contribution in [0.3, 0.4) is 0 Å². The molecule has 2 amide bonds. The lowest BCUT2D eigenvalue weighted by atomic mass is 9.87. The first-order valence-electron chi connectivity index (χ1n) is 7.56. The third-order valence-corrected chi connectivity index (χ3v) is 3.44. The average Bonchev–Trinajstić information content (AvgIpc) is 2.48. The molecule has 3 N–H and O–H groups in total. The Hall–Kier alpha value is -1.79. The quantitative estimate of drug-likeness (QED) is 0.809. The summed E-state index contributed by atoms with van der Waals surface area (Å²) in [7, 11) is 3.35. The predicted octanol–water partition coefficient (Wildman–Crippen LogP) is 1.56. The molecule has 1 aromatic rings. The lowest BCUT2D eigenvalue weighted by molar-refractivity contribution is -0.130. The summed E-state index contributed by atoms with van der Waals surface area (Å²) in [5.74, 6) is 0.290. The summed E-state index contributed by atoms with van der Waals surface area (Å²) in [6.45, 7) is 6.12. The molecule has 7 heteroatoms. The standard InChI is InChI=1S/C17H27N3O3.ClH/c1-17(2,3)15(18)16(22)19-10-12-7-6-8-13(9-12)23-11-14(21)20(4)5;/h6-9,15H,10-11,18H2,1-5H3,(H,19,22);1H/t15-;/m1./s1. The van der Waals surface area contributed by atoms with E-state index in [2.05, 4.69) is 5.32 Å². The van der Waals surface area contributed by atoms with Gasteiger partial charge in [-0.15, -0.1) is 12.4 Å². The van der Waals surface area contributed by atoms with Crippen LogP contribution in [0.15, 0.2) is 24.3 Å². The molecule has 1 rings (SSSR count). The molecule has 0 aliphatic rings. The molecule has 136 valence electrons. The highest BCUT2D eigenvalue weighted by Gasteiger charge is 2.27. The largest absolute Gasteiger partial charge is 0.484 e. The summed E-state index contributed by atoms with van der Waals surface area (Å²) >= 11 is 0. The molecule has 0 aromatic heterocycles. The second kappa shape index (κ2) is 9.49. The Bertz CT molecular complexity index is 556. The van der Waals surface area contributed by atoms with Gasteiger partial charge < -0.3 is 20.7 Å². The van der Waals surface area contributed by atoms with Gasteiger partial charge in [0.25, 0.3) is 5.91 Å². The number of halogens is 1. The maximum atomic E-state index is 12.0. The van der Waals surface area contributed by atoms with Crippen molar-refractivity contribution in [3.05, 3.63) is 29.8 Å². The number of hydrogen-bond donors (Lipinski definition) is 2. The van der Waals surface area contributed by atoms with E-state index in [1.807, 2.05) is 32.9 Å². The normalized spacial score (nSPS) is 11.9. The van der Waals surface area contributed by atoms with Crippen molar-refractivity contribution in [1.82, 2.24) is 10.2 Å².